The molecule has 8 heteroatoms. The molecule has 4 heterocycles. The second-order valence-electron chi connectivity index (χ2n) is 15.4. The number of hydrogen-bond acceptors (Lipinski definition) is 7. The first-order chi connectivity index (χ1) is 30.7. The van der Waals surface area contributed by atoms with Gasteiger partial charge in [-0.15, -0.1) is 0 Å². The Morgan fingerprint density at radius 1 is 0.435 bits per heavy atom. The molecular formula is C54H35N7O. The third-order valence-electron chi connectivity index (χ3n) is 11.6. The highest BCUT2D eigenvalue weighted by atomic mass is 16.3. The van der Waals surface area contributed by atoms with Crippen molar-refractivity contribution in [2.45, 2.75) is 12.8 Å². The van der Waals surface area contributed by atoms with E-state index in [1.54, 1.807) is 0 Å². The van der Waals surface area contributed by atoms with Crippen LogP contribution in [0.25, 0.3) is 113 Å². The third-order valence-corrected chi connectivity index (χ3v) is 11.6. The first-order valence-corrected chi connectivity index (χ1v) is 20.8. The molecule has 0 saturated heterocycles. The van der Waals surface area contributed by atoms with Gasteiger partial charge in [0.1, 0.15) is 11.2 Å². The van der Waals surface area contributed by atoms with Crippen molar-refractivity contribution in [1.29, 1.82) is 0 Å². The molecule has 4 aromatic heterocycles. The maximum Gasteiger partial charge on any atom is 0.238 e. The standard InChI is InChI=1S/C54H35N7O/c1-5-17-34(18-6-1)38-31-32-40-39-25-13-14-29-44(39)61(45(40)33-38)54-59-51(37-23-11-4-12-24-37)58-53(60-54)43-28-15-26-41-47-42(27-16-30-46(47)62-48(41)43)52-56-49(35-19-7-2-8-20-35)55-50(57-52)36-21-9-3-10-22-36/h1-12,14-24,26-33H,13,25H2. The lowest BCUT2D eigenvalue weighted by atomic mass is 9.99. The van der Waals surface area contributed by atoms with E-state index >= 15 is 0 Å². The number of allylic oxidation sites excluding steroid dienone is 1. The molecule has 1 aliphatic carbocycles. The Hall–Kier alpha value is -8.36. The molecule has 0 bridgehead atoms. The summed E-state index contributed by atoms with van der Waals surface area (Å²) in [6.07, 6.45) is 6.36. The van der Waals surface area contributed by atoms with E-state index in [0.717, 1.165) is 73.8 Å². The topological polar surface area (TPSA) is 95.4 Å². The van der Waals surface area contributed by atoms with Crippen molar-refractivity contribution in [3.8, 4) is 74.0 Å². The fraction of sp³-hybridized carbons (Fsp3) is 0.0370. The summed E-state index contributed by atoms with van der Waals surface area (Å²) in [4.78, 5) is 30.9. The Kier molecular flexibility index (Phi) is 8.45. The van der Waals surface area contributed by atoms with Crippen molar-refractivity contribution in [3.63, 3.8) is 0 Å². The average molecular weight is 798 g/mol. The maximum absolute atomic E-state index is 6.84. The molecule has 11 aromatic rings. The van der Waals surface area contributed by atoms with Gasteiger partial charge in [0.25, 0.3) is 0 Å². The van der Waals surface area contributed by atoms with Crippen molar-refractivity contribution in [1.82, 2.24) is 34.5 Å². The molecule has 62 heavy (non-hydrogen) atoms. The van der Waals surface area contributed by atoms with E-state index in [0.29, 0.717) is 46.2 Å². The van der Waals surface area contributed by atoms with E-state index in [1.165, 1.54) is 10.9 Å². The van der Waals surface area contributed by atoms with Crippen molar-refractivity contribution in [2.75, 3.05) is 0 Å². The first kappa shape index (κ1) is 35.6. The highest BCUT2D eigenvalue weighted by Crippen LogP contribution is 2.41. The van der Waals surface area contributed by atoms with Crippen LogP contribution in [0.1, 0.15) is 17.7 Å². The Labute approximate surface area is 356 Å². The number of rotatable bonds is 7. The van der Waals surface area contributed by atoms with Gasteiger partial charge in [0, 0.05) is 38.4 Å². The van der Waals surface area contributed by atoms with Gasteiger partial charge in [0.15, 0.2) is 29.1 Å². The maximum atomic E-state index is 6.84. The molecule has 0 aliphatic heterocycles. The quantitative estimate of drug-likeness (QED) is 0.158. The Morgan fingerprint density at radius 2 is 0.984 bits per heavy atom. The number of hydrogen-bond donors (Lipinski definition) is 0. The van der Waals surface area contributed by atoms with Crippen LogP contribution in [-0.4, -0.2) is 34.5 Å². The van der Waals surface area contributed by atoms with E-state index < -0.39 is 0 Å². The van der Waals surface area contributed by atoms with Gasteiger partial charge in [0.2, 0.25) is 5.95 Å². The van der Waals surface area contributed by atoms with Gasteiger partial charge in [-0.25, -0.2) is 19.9 Å². The smallest absolute Gasteiger partial charge is 0.238 e. The van der Waals surface area contributed by atoms with Crippen molar-refractivity contribution < 1.29 is 4.42 Å². The molecule has 0 fully saturated rings. The summed E-state index contributed by atoms with van der Waals surface area (Å²) in [7, 11) is 0. The van der Waals surface area contributed by atoms with Crippen LogP contribution in [0, 0.1) is 0 Å². The average Bonchev–Trinajstić information content (AvgIpc) is 3.91. The lowest BCUT2D eigenvalue weighted by Gasteiger charge is -2.13. The van der Waals surface area contributed by atoms with E-state index in [9.17, 15) is 0 Å². The second kappa shape index (κ2) is 14.7. The van der Waals surface area contributed by atoms with Crippen LogP contribution in [-0.2, 0) is 6.42 Å². The van der Waals surface area contributed by atoms with E-state index in [-0.39, 0.29) is 0 Å². The normalized spacial score (nSPS) is 12.3. The molecule has 1 aliphatic rings. The summed E-state index contributed by atoms with van der Waals surface area (Å²) in [6, 6.07) is 59.5. The van der Waals surface area contributed by atoms with Crippen LogP contribution in [0.5, 0.6) is 0 Å². The number of nitrogens with zero attached hydrogens (tertiary/aromatic N) is 7. The van der Waals surface area contributed by atoms with Crippen LogP contribution in [0.15, 0.2) is 186 Å². The van der Waals surface area contributed by atoms with Crippen molar-refractivity contribution >= 4 is 38.9 Å². The number of benzene rings is 7. The van der Waals surface area contributed by atoms with Gasteiger partial charge < -0.3 is 4.42 Å². The zero-order chi connectivity index (χ0) is 41.0. The van der Waals surface area contributed by atoms with Gasteiger partial charge in [-0.05, 0) is 53.8 Å². The van der Waals surface area contributed by atoms with E-state index in [4.69, 9.17) is 34.3 Å². The van der Waals surface area contributed by atoms with Crippen LogP contribution in [0.4, 0.5) is 0 Å². The minimum Gasteiger partial charge on any atom is -0.455 e. The summed E-state index contributed by atoms with van der Waals surface area (Å²) in [5, 5.41) is 3.00. The number of para-hydroxylation sites is 1. The van der Waals surface area contributed by atoms with Crippen molar-refractivity contribution in [3.05, 3.63) is 193 Å². The largest absolute Gasteiger partial charge is 0.455 e. The summed E-state index contributed by atoms with van der Waals surface area (Å²) >= 11 is 0. The Bertz CT molecular complexity index is 3450. The van der Waals surface area contributed by atoms with Gasteiger partial charge in [-0.3, -0.25) is 4.57 Å². The molecule has 0 radical (unpaired) electrons. The number of aryl methyl sites for hydroxylation is 1. The van der Waals surface area contributed by atoms with Crippen LogP contribution < -0.4 is 0 Å². The lowest BCUT2D eigenvalue weighted by molar-refractivity contribution is 0.669. The molecule has 292 valence electrons. The predicted octanol–water partition coefficient (Wildman–Crippen LogP) is 12.9. The molecule has 0 atom stereocenters. The van der Waals surface area contributed by atoms with Crippen LogP contribution >= 0.6 is 0 Å². The summed E-state index contributed by atoms with van der Waals surface area (Å²) in [5.41, 5.74) is 11.4. The van der Waals surface area contributed by atoms with Gasteiger partial charge in [-0.2, -0.15) is 9.97 Å². The number of aromatic nitrogens is 7. The van der Waals surface area contributed by atoms with Crippen LogP contribution in [0.3, 0.4) is 0 Å². The van der Waals surface area contributed by atoms with Crippen molar-refractivity contribution in [2.24, 2.45) is 0 Å². The SMILES string of the molecule is C1=Cc2c(c3ccc(-c4ccccc4)cc3n2-c2nc(-c3ccccc3)nc(-c3cccc4c3oc3cccc(-c5nc(-c6ccccc6)nc(-c6ccccc6)n5)c34)n2)CC1. The molecule has 12 rings (SSSR count). The Morgan fingerprint density at radius 3 is 1.65 bits per heavy atom. The monoisotopic (exact) mass is 797 g/mol. The fourth-order valence-corrected chi connectivity index (χ4v) is 8.70. The third kappa shape index (κ3) is 6.08. The Balaban J connectivity index is 1.08. The molecular weight excluding hydrogens is 763 g/mol. The molecule has 0 spiro atoms. The second-order valence-corrected chi connectivity index (χ2v) is 15.4. The minimum atomic E-state index is 0.507. The van der Waals surface area contributed by atoms with E-state index in [1.807, 2.05) is 121 Å². The fourth-order valence-electron chi connectivity index (χ4n) is 8.70. The van der Waals surface area contributed by atoms with Crippen LogP contribution in [0.2, 0.25) is 0 Å². The minimum absolute atomic E-state index is 0.507. The molecule has 7 aromatic carbocycles. The number of furan rings is 1. The zero-order valence-electron chi connectivity index (χ0n) is 33.4. The summed E-state index contributed by atoms with van der Waals surface area (Å²) in [6.45, 7) is 0. The van der Waals surface area contributed by atoms with E-state index in [2.05, 4.69) is 71.3 Å². The number of fused-ring (bicyclic) bond motifs is 6. The lowest BCUT2D eigenvalue weighted by Crippen LogP contribution is -2.08. The molecule has 0 amide bonds. The first-order valence-electron chi connectivity index (χ1n) is 20.8. The highest BCUT2D eigenvalue weighted by molar-refractivity contribution is 6.14. The highest BCUT2D eigenvalue weighted by Gasteiger charge is 2.25. The summed E-state index contributed by atoms with van der Waals surface area (Å²) < 4.78 is 9.05. The molecule has 0 saturated carbocycles. The van der Waals surface area contributed by atoms with Gasteiger partial charge in [0.05, 0.1) is 16.8 Å². The molecule has 0 unspecified atom stereocenters. The summed E-state index contributed by atoms with van der Waals surface area (Å²) in [5.74, 6) is 3.36. The predicted molar refractivity (Wildman–Crippen MR) is 247 cm³/mol. The molecule has 0 N–H and O–H groups in total. The molecule has 8 nitrogen and oxygen atoms in total. The van der Waals surface area contributed by atoms with Gasteiger partial charge >= 0.3 is 0 Å². The van der Waals surface area contributed by atoms with Gasteiger partial charge in [-0.1, -0.05) is 164 Å². The zero-order valence-corrected chi connectivity index (χ0v) is 33.4.